The van der Waals surface area contributed by atoms with E-state index >= 15 is 0 Å². The number of phenolic OH excluding ortho intramolecular Hbond substituents is 1. The van der Waals surface area contributed by atoms with Crippen LogP contribution in [0.15, 0.2) is 18.2 Å². The van der Waals surface area contributed by atoms with Gasteiger partial charge in [-0.25, -0.2) is 0 Å². The van der Waals surface area contributed by atoms with Crippen LogP contribution in [-0.4, -0.2) is 18.3 Å². The average molecular weight is 221 g/mol. The van der Waals surface area contributed by atoms with Crippen LogP contribution < -0.4 is 10.5 Å². The van der Waals surface area contributed by atoms with Gasteiger partial charge in [-0.1, -0.05) is 13.8 Å². The van der Waals surface area contributed by atoms with Gasteiger partial charge in [0.25, 0.3) is 0 Å². The number of ether oxygens (including phenoxy) is 1. The third kappa shape index (κ3) is 1.87. The number of fused-ring (bicyclic) bond motifs is 1. The van der Waals surface area contributed by atoms with Gasteiger partial charge in [0.2, 0.25) is 0 Å². The molecule has 3 N–H and O–H groups in total. The predicted molar refractivity (Wildman–Crippen MR) is 63.8 cm³/mol. The summed E-state index contributed by atoms with van der Waals surface area (Å²) in [5.74, 6) is 1.53. The quantitative estimate of drug-likeness (QED) is 0.805. The van der Waals surface area contributed by atoms with Gasteiger partial charge in [-0.2, -0.15) is 0 Å². The van der Waals surface area contributed by atoms with Crippen LogP contribution in [0.5, 0.6) is 11.5 Å². The summed E-state index contributed by atoms with van der Waals surface area (Å²) in [4.78, 5) is 0. The van der Waals surface area contributed by atoms with Crippen molar-refractivity contribution in [3.8, 4) is 11.5 Å². The van der Waals surface area contributed by atoms with E-state index in [4.69, 9.17) is 10.5 Å². The molecular weight excluding hydrogens is 202 g/mol. The molecule has 0 bridgehead atoms. The molecule has 0 fully saturated rings. The molecule has 3 heteroatoms. The maximum Gasteiger partial charge on any atom is 0.123 e. The van der Waals surface area contributed by atoms with Crippen molar-refractivity contribution in [2.75, 3.05) is 13.2 Å². The van der Waals surface area contributed by atoms with E-state index in [0.717, 1.165) is 24.3 Å². The van der Waals surface area contributed by atoms with Gasteiger partial charge in [0.05, 0.1) is 6.61 Å². The molecule has 1 unspecified atom stereocenters. The maximum absolute atomic E-state index is 9.56. The summed E-state index contributed by atoms with van der Waals surface area (Å²) in [6.45, 7) is 5.69. The van der Waals surface area contributed by atoms with Gasteiger partial charge in [0, 0.05) is 5.56 Å². The van der Waals surface area contributed by atoms with Crippen LogP contribution in [0.2, 0.25) is 0 Å². The molecule has 1 aliphatic rings. The highest BCUT2D eigenvalue weighted by Gasteiger charge is 2.34. The standard InChI is InChI=1S/C13H19NO2/c1-13(2,8-14)11-5-6-16-12-4-3-9(15)7-10(11)12/h3-4,7,11,15H,5-6,8,14H2,1-2H3. The molecule has 16 heavy (non-hydrogen) atoms. The number of nitrogens with two attached hydrogens (primary N) is 1. The highest BCUT2D eigenvalue weighted by molar-refractivity contribution is 5.43. The zero-order chi connectivity index (χ0) is 11.8. The van der Waals surface area contributed by atoms with Gasteiger partial charge < -0.3 is 15.6 Å². The lowest BCUT2D eigenvalue weighted by Crippen LogP contribution is -2.33. The SMILES string of the molecule is CC(C)(CN)C1CCOc2ccc(O)cc21. The Labute approximate surface area is 96.2 Å². The summed E-state index contributed by atoms with van der Waals surface area (Å²) >= 11 is 0. The summed E-state index contributed by atoms with van der Waals surface area (Å²) in [6, 6.07) is 5.30. The number of phenols is 1. The molecule has 1 atom stereocenters. The fourth-order valence-corrected chi connectivity index (χ4v) is 2.34. The van der Waals surface area contributed by atoms with Crippen LogP contribution in [0.25, 0.3) is 0 Å². The van der Waals surface area contributed by atoms with Crippen molar-refractivity contribution in [1.29, 1.82) is 0 Å². The van der Waals surface area contributed by atoms with Crippen LogP contribution >= 0.6 is 0 Å². The Balaban J connectivity index is 2.43. The van der Waals surface area contributed by atoms with Crippen LogP contribution in [-0.2, 0) is 0 Å². The Bertz CT molecular complexity index is 388. The van der Waals surface area contributed by atoms with Crippen molar-refractivity contribution in [3.05, 3.63) is 23.8 Å². The van der Waals surface area contributed by atoms with Gasteiger partial charge in [-0.3, -0.25) is 0 Å². The number of hydrogen-bond donors (Lipinski definition) is 2. The number of hydrogen-bond acceptors (Lipinski definition) is 3. The van der Waals surface area contributed by atoms with E-state index in [1.54, 1.807) is 12.1 Å². The van der Waals surface area contributed by atoms with Gasteiger partial charge >= 0.3 is 0 Å². The van der Waals surface area contributed by atoms with E-state index in [1.165, 1.54) is 0 Å². The fourth-order valence-electron chi connectivity index (χ4n) is 2.34. The lowest BCUT2D eigenvalue weighted by atomic mass is 9.72. The second kappa shape index (κ2) is 3.98. The molecular formula is C13H19NO2. The Kier molecular flexibility index (Phi) is 2.80. The summed E-state index contributed by atoms with van der Waals surface area (Å²) < 4.78 is 5.60. The van der Waals surface area contributed by atoms with E-state index in [-0.39, 0.29) is 5.41 Å². The molecule has 0 aliphatic carbocycles. The topological polar surface area (TPSA) is 55.5 Å². The Morgan fingerprint density at radius 2 is 2.25 bits per heavy atom. The Morgan fingerprint density at radius 1 is 1.50 bits per heavy atom. The zero-order valence-electron chi connectivity index (χ0n) is 9.86. The minimum absolute atomic E-state index is 0.0341. The van der Waals surface area contributed by atoms with E-state index in [2.05, 4.69) is 13.8 Å². The first-order valence-corrected chi connectivity index (χ1v) is 5.70. The molecule has 0 saturated heterocycles. The fraction of sp³-hybridized carbons (Fsp3) is 0.538. The van der Waals surface area contributed by atoms with Crippen LogP contribution in [0.3, 0.4) is 0 Å². The summed E-state index contributed by atoms with van der Waals surface area (Å²) in [6.07, 6.45) is 0.959. The molecule has 1 aliphatic heterocycles. The molecule has 0 spiro atoms. The average Bonchev–Trinajstić information content (AvgIpc) is 2.28. The van der Waals surface area contributed by atoms with Crippen LogP contribution in [0, 0.1) is 5.41 Å². The number of benzene rings is 1. The Morgan fingerprint density at radius 3 is 2.94 bits per heavy atom. The molecule has 1 heterocycles. The molecule has 0 radical (unpaired) electrons. The maximum atomic E-state index is 9.56. The molecule has 0 saturated carbocycles. The molecule has 1 aromatic carbocycles. The van der Waals surface area contributed by atoms with E-state index in [1.807, 2.05) is 6.07 Å². The molecule has 1 aromatic rings. The third-order valence-electron chi connectivity index (χ3n) is 3.50. The van der Waals surface area contributed by atoms with Gasteiger partial charge in [0.1, 0.15) is 11.5 Å². The first kappa shape index (κ1) is 11.3. The summed E-state index contributed by atoms with van der Waals surface area (Å²) in [5.41, 5.74) is 6.95. The van der Waals surface area contributed by atoms with Crippen molar-refractivity contribution in [1.82, 2.24) is 0 Å². The van der Waals surface area contributed by atoms with Crippen molar-refractivity contribution < 1.29 is 9.84 Å². The minimum Gasteiger partial charge on any atom is -0.508 e. The van der Waals surface area contributed by atoms with Crippen molar-refractivity contribution in [3.63, 3.8) is 0 Å². The molecule has 2 rings (SSSR count). The number of aromatic hydroxyl groups is 1. The second-order valence-corrected chi connectivity index (χ2v) is 5.10. The highest BCUT2D eigenvalue weighted by Crippen LogP contribution is 2.45. The van der Waals surface area contributed by atoms with Crippen LogP contribution in [0.1, 0.15) is 31.7 Å². The van der Waals surface area contributed by atoms with Gasteiger partial charge in [0.15, 0.2) is 0 Å². The second-order valence-electron chi connectivity index (χ2n) is 5.10. The molecule has 88 valence electrons. The van der Waals surface area contributed by atoms with Crippen LogP contribution in [0.4, 0.5) is 0 Å². The summed E-state index contributed by atoms with van der Waals surface area (Å²) in [5, 5.41) is 9.56. The van der Waals surface area contributed by atoms with E-state index in [9.17, 15) is 5.11 Å². The Hall–Kier alpha value is -1.22. The van der Waals surface area contributed by atoms with E-state index < -0.39 is 0 Å². The normalized spacial score (nSPS) is 20.1. The molecule has 0 amide bonds. The lowest BCUT2D eigenvalue weighted by Gasteiger charge is -2.37. The predicted octanol–water partition coefficient (Wildman–Crippen LogP) is 2.24. The van der Waals surface area contributed by atoms with Crippen molar-refractivity contribution >= 4 is 0 Å². The largest absolute Gasteiger partial charge is 0.508 e. The number of rotatable bonds is 2. The monoisotopic (exact) mass is 221 g/mol. The van der Waals surface area contributed by atoms with Crippen molar-refractivity contribution in [2.45, 2.75) is 26.2 Å². The first-order chi connectivity index (χ1) is 7.54. The molecule has 0 aromatic heterocycles. The smallest absolute Gasteiger partial charge is 0.123 e. The summed E-state index contributed by atoms with van der Waals surface area (Å²) in [7, 11) is 0. The van der Waals surface area contributed by atoms with Gasteiger partial charge in [-0.15, -0.1) is 0 Å². The van der Waals surface area contributed by atoms with Gasteiger partial charge in [-0.05, 0) is 42.5 Å². The first-order valence-electron chi connectivity index (χ1n) is 5.70. The zero-order valence-corrected chi connectivity index (χ0v) is 9.86. The van der Waals surface area contributed by atoms with E-state index in [0.29, 0.717) is 18.2 Å². The van der Waals surface area contributed by atoms with Crippen molar-refractivity contribution in [2.24, 2.45) is 11.1 Å². The minimum atomic E-state index is 0.0341. The third-order valence-corrected chi connectivity index (χ3v) is 3.50. The molecule has 3 nitrogen and oxygen atoms in total. The highest BCUT2D eigenvalue weighted by atomic mass is 16.5. The lowest BCUT2D eigenvalue weighted by molar-refractivity contribution is 0.195.